The molecule has 0 amide bonds. The number of para-hydroxylation sites is 1. The zero-order chi connectivity index (χ0) is 19.1. The van der Waals surface area contributed by atoms with E-state index in [0.717, 1.165) is 17.8 Å². The summed E-state index contributed by atoms with van der Waals surface area (Å²) < 4.78 is 27.1. The van der Waals surface area contributed by atoms with Gasteiger partial charge < -0.3 is 4.90 Å². The third-order valence-corrected chi connectivity index (χ3v) is 5.34. The van der Waals surface area contributed by atoms with Crippen LogP contribution in [-0.2, 0) is 16.4 Å². The van der Waals surface area contributed by atoms with E-state index in [4.69, 9.17) is 0 Å². The number of hydrogen-bond acceptors (Lipinski definition) is 5. The highest BCUT2D eigenvalue weighted by Gasteiger charge is 2.13. The number of anilines is 3. The summed E-state index contributed by atoms with van der Waals surface area (Å²) in [4.78, 5) is 2.00. The van der Waals surface area contributed by atoms with Crippen molar-refractivity contribution in [1.29, 1.82) is 0 Å². The Bertz CT molecular complexity index is 946. The molecule has 0 radical (unpaired) electrons. The molecule has 3 aromatic rings. The van der Waals surface area contributed by atoms with E-state index in [1.165, 1.54) is 0 Å². The van der Waals surface area contributed by atoms with E-state index in [2.05, 4.69) is 14.9 Å². The molecule has 0 unspecified atom stereocenters. The number of benzene rings is 2. The van der Waals surface area contributed by atoms with Gasteiger partial charge in [-0.3, -0.25) is 4.72 Å². The molecule has 1 aromatic heterocycles. The van der Waals surface area contributed by atoms with Crippen LogP contribution < -0.4 is 9.62 Å². The first-order valence-corrected chi connectivity index (χ1v) is 10.4. The molecule has 2 aromatic carbocycles. The number of aromatic nitrogens is 2. The molecular formula is C20H22N4O2S. The van der Waals surface area contributed by atoms with E-state index in [1.54, 1.807) is 12.1 Å². The van der Waals surface area contributed by atoms with Gasteiger partial charge in [0.1, 0.15) is 0 Å². The summed E-state index contributed by atoms with van der Waals surface area (Å²) in [6, 6.07) is 22.8. The van der Waals surface area contributed by atoms with Crippen LogP contribution in [0.15, 0.2) is 72.8 Å². The standard InChI is InChI=1S/C20H22N4O2S/c1-2-24(18-11-7-4-8-12-18)20-14-13-19(21-22-20)23-27(25,26)16-15-17-9-5-3-6-10-17/h3-14H,2,15-16H2,1H3,(H,21,23). The molecule has 6 nitrogen and oxygen atoms in total. The van der Waals surface area contributed by atoms with Crippen molar-refractivity contribution in [2.24, 2.45) is 0 Å². The average molecular weight is 382 g/mol. The first-order chi connectivity index (χ1) is 13.1. The summed E-state index contributed by atoms with van der Waals surface area (Å²) in [5.41, 5.74) is 1.98. The van der Waals surface area contributed by atoms with Crippen molar-refractivity contribution in [3.8, 4) is 0 Å². The van der Waals surface area contributed by atoms with Gasteiger partial charge in [-0.05, 0) is 43.2 Å². The minimum absolute atomic E-state index is 0.00839. The van der Waals surface area contributed by atoms with Crippen molar-refractivity contribution in [2.45, 2.75) is 13.3 Å². The Hall–Kier alpha value is -2.93. The van der Waals surface area contributed by atoms with Gasteiger partial charge in [-0.1, -0.05) is 48.5 Å². The Morgan fingerprint density at radius 2 is 1.56 bits per heavy atom. The van der Waals surface area contributed by atoms with Crippen molar-refractivity contribution >= 4 is 27.3 Å². The fraction of sp³-hybridized carbons (Fsp3) is 0.200. The largest absolute Gasteiger partial charge is 0.325 e. The molecule has 140 valence electrons. The molecule has 0 aliphatic heterocycles. The van der Waals surface area contributed by atoms with Crippen LogP contribution in [0.5, 0.6) is 0 Å². The number of rotatable bonds is 8. The Kier molecular flexibility index (Phi) is 6.03. The highest BCUT2D eigenvalue weighted by atomic mass is 32.2. The molecular weight excluding hydrogens is 360 g/mol. The third kappa shape index (κ3) is 5.27. The topological polar surface area (TPSA) is 75.2 Å². The van der Waals surface area contributed by atoms with Gasteiger partial charge in [-0.2, -0.15) is 0 Å². The maximum atomic E-state index is 12.3. The summed E-state index contributed by atoms with van der Waals surface area (Å²) >= 11 is 0. The number of sulfonamides is 1. The second-order valence-electron chi connectivity index (χ2n) is 6.01. The van der Waals surface area contributed by atoms with E-state index in [9.17, 15) is 8.42 Å². The maximum Gasteiger partial charge on any atom is 0.234 e. The van der Waals surface area contributed by atoms with Crippen molar-refractivity contribution in [2.75, 3.05) is 21.9 Å². The fourth-order valence-electron chi connectivity index (χ4n) is 2.72. The molecule has 7 heteroatoms. The first kappa shape index (κ1) is 18.8. The Morgan fingerprint density at radius 3 is 2.15 bits per heavy atom. The number of aryl methyl sites for hydroxylation is 1. The Morgan fingerprint density at radius 1 is 0.889 bits per heavy atom. The lowest BCUT2D eigenvalue weighted by Gasteiger charge is -2.21. The number of nitrogens with zero attached hydrogens (tertiary/aromatic N) is 3. The van der Waals surface area contributed by atoms with Crippen molar-refractivity contribution in [3.63, 3.8) is 0 Å². The van der Waals surface area contributed by atoms with Gasteiger partial charge >= 0.3 is 0 Å². The zero-order valence-electron chi connectivity index (χ0n) is 15.1. The second kappa shape index (κ2) is 8.64. The van der Waals surface area contributed by atoms with Crippen LogP contribution in [-0.4, -0.2) is 30.9 Å². The van der Waals surface area contributed by atoms with Crippen LogP contribution in [0.3, 0.4) is 0 Å². The number of nitrogens with one attached hydrogen (secondary N) is 1. The summed E-state index contributed by atoms with van der Waals surface area (Å²) in [6.07, 6.45) is 0.444. The minimum atomic E-state index is -3.49. The quantitative estimate of drug-likeness (QED) is 0.644. The van der Waals surface area contributed by atoms with Gasteiger partial charge in [0, 0.05) is 12.2 Å². The predicted octanol–water partition coefficient (Wildman–Crippen LogP) is 3.62. The molecule has 0 bridgehead atoms. The van der Waals surface area contributed by atoms with E-state index in [-0.39, 0.29) is 11.6 Å². The summed E-state index contributed by atoms with van der Waals surface area (Å²) in [7, 11) is -3.49. The zero-order valence-corrected chi connectivity index (χ0v) is 15.9. The molecule has 0 atom stereocenters. The molecule has 0 spiro atoms. The van der Waals surface area contributed by atoms with Gasteiger partial charge in [0.05, 0.1) is 5.75 Å². The Labute approximate surface area is 159 Å². The highest BCUT2D eigenvalue weighted by Crippen LogP contribution is 2.22. The van der Waals surface area contributed by atoms with Gasteiger partial charge in [0.25, 0.3) is 0 Å². The van der Waals surface area contributed by atoms with Gasteiger partial charge in [0.2, 0.25) is 10.0 Å². The van der Waals surface area contributed by atoms with Gasteiger partial charge in [-0.25, -0.2) is 8.42 Å². The maximum absolute atomic E-state index is 12.3. The van der Waals surface area contributed by atoms with Crippen LogP contribution in [0.25, 0.3) is 0 Å². The monoisotopic (exact) mass is 382 g/mol. The normalized spacial score (nSPS) is 11.1. The highest BCUT2D eigenvalue weighted by molar-refractivity contribution is 7.92. The van der Waals surface area contributed by atoms with E-state index < -0.39 is 10.0 Å². The first-order valence-electron chi connectivity index (χ1n) is 8.78. The van der Waals surface area contributed by atoms with Crippen LogP contribution in [0.4, 0.5) is 17.3 Å². The van der Waals surface area contributed by atoms with Gasteiger partial charge in [-0.15, -0.1) is 10.2 Å². The van der Waals surface area contributed by atoms with E-state index >= 15 is 0 Å². The molecule has 1 heterocycles. The summed E-state index contributed by atoms with van der Waals surface area (Å²) in [6.45, 7) is 2.75. The summed E-state index contributed by atoms with van der Waals surface area (Å²) in [5, 5.41) is 8.21. The van der Waals surface area contributed by atoms with E-state index in [0.29, 0.717) is 12.2 Å². The molecule has 0 fully saturated rings. The van der Waals surface area contributed by atoms with Gasteiger partial charge in [0.15, 0.2) is 11.6 Å². The Balaban J connectivity index is 1.66. The lowest BCUT2D eigenvalue weighted by atomic mass is 10.2. The smallest absolute Gasteiger partial charge is 0.234 e. The molecule has 0 saturated carbocycles. The minimum Gasteiger partial charge on any atom is -0.325 e. The average Bonchev–Trinajstić information content (AvgIpc) is 2.70. The van der Waals surface area contributed by atoms with Crippen LogP contribution in [0.1, 0.15) is 12.5 Å². The van der Waals surface area contributed by atoms with Crippen molar-refractivity contribution in [1.82, 2.24) is 10.2 Å². The molecule has 0 aliphatic rings. The van der Waals surface area contributed by atoms with Crippen LogP contribution in [0, 0.1) is 0 Å². The van der Waals surface area contributed by atoms with E-state index in [1.807, 2.05) is 72.5 Å². The molecule has 27 heavy (non-hydrogen) atoms. The lowest BCUT2D eigenvalue weighted by molar-refractivity contribution is 0.600. The second-order valence-corrected chi connectivity index (χ2v) is 7.85. The SMILES string of the molecule is CCN(c1ccccc1)c1ccc(NS(=O)(=O)CCc2ccccc2)nn1. The number of hydrogen-bond donors (Lipinski definition) is 1. The fourth-order valence-corrected chi connectivity index (χ4v) is 3.75. The molecule has 3 rings (SSSR count). The summed E-state index contributed by atoms with van der Waals surface area (Å²) in [5.74, 6) is 0.873. The lowest BCUT2D eigenvalue weighted by Crippen LogP contribution is -2.20. The molecule has 0 aliphatic carbocycles. The third-order valence-electron chi connectivity index (χ3n) is 4.07. The predicted molar refractivity (Wildman–Crippen MR) is 109 cm³/mol. The molecule has 0 saturated heterocycles. The van der Waals surface area contributed by atoms with Crippen LogP contribution >= 0.6 is 0 Å². The van der Waals surface area contributed by atoms with Crippen molar-refractivity contribution < 1.29 is 8.42 Å². The van der Waals surface area contributed by atoms with Crippen molar-refractivity contribution in [3.05, 3.63) is 78.4 Å². The van der Waals surface area contributed by atoms with Crippen LogP contribution in [0.2, 0.25) is 0 Å². The molecule has 1 N–H and O–H groups in total.